The van der Waals surface area contributed by atoms with E-state index < -0.39 is 0 Å². The molecule has 74 valence electrons. The molecule has 2 aliphatic rings. The Morgan fingerprint density at radius 1 is 1.57 bits per heavy atom. The van der Waals surface area contributed by atoms with E-state index in [9.17, 15) is 4.79 Å². The second-order valence-electron chi connectivity index (χ2n) is 3.87. The standard InChI is InChI=1S/C11H14N2O/c1-2-3-4-7-13-11(14)8-10(12-13)9-5-6-9/h1,9H,3-8H2. The van der Waals surface area contributed by atoms with Crippen LogP contribution in [0, 0.1) is 18.3 Å². The van der Waals surface area contributed by atoms with Crippen molar-refractivity contribution in [3.63, 3.8) is 0 Å². The fourth-order valence-corrected chi connectivity index (χ4v) is 1.64. The van der Waals surface area contributed by atoms with Crippen LogP contribution in [0.4, 0.5) is 0 Å². The van der Waals surface area contributed by atoms with E-state index in [1.54, 1.807) is 5.01 Å². The predicted octanol–water partition coefficient (Wildman–Crippen LogP) is 1.40. The number of carbonyl (C=O) groups excluding carboxylic acids is 1. The van der Waals surface area contributed by atoms with Crippen molar-refractivity contribution in [1.29, 1.82) is 0 Å². The summed E-state index contributed by atoms with van der Waals surface area (Å²) in [5.74, 6) is 3.32. The van der Waals surface area contributed by atoms with Gasteiger partial charge in [-0.3, -0.25) is 4.79 Å². The van der Waals surface area contributed by atoms with Crippen molar-refractivity contribution in [3.8, 4) is 12.3 Å². The SMILES string of the molecule is C#CCCCN1N=C(C2CC2)CC1=O. The van der Waals surface area contributed by atoms with Crippen LogP contribution in [0.3, 0.4) is 0 Å². The molecule has 0 aromatic carbocycles. The monoisotopic (exact) mass is 190 g/mol. The van der Waals surface area contributed by atoms with Gasteiger partial charge < -0.3 is 0 Å². The fourth-order valence-electron chi connectivity index (χ4n) is 1.64. The van der Waals surface area contributed by atoms with Crippen LogP contribution in [0.15, 0.2) is 5.10 Å². The number of amides is 1. The van der Waals surface area contributed by atoms with Gasteiger partial charge in [-0.2, -0.15) is 5.10 Å². The molecule has 0 saturated heterocycles. The van der Waals surface area contributed by atoms with E-state index in [1.807, 2.05) is 0 Å². The maximum atomic E-state index is 11.5. The van der Waals surface area contributed by atoms with Gasteiger partial charge in [0.1, 0.15) is 0 Å². The second kappa shape index (κ2) is 3.83. The minimum absolute atomic E-state index is 0.143. The number of hydrogen-bond donors (Lipinski definition) is 0. The summed E-state index contributed by atoms with van der Waals surface area (Å²) in [6.45, 7) is 0.680. The number of nitrogens with zero attached hydrogens (tertiary/aromatic N) is 2. The minimum atomic E-state index is 0.143. The van der Waals surface area contributed by atoms with E-state index in [0.29, 0.717) is 18.9 Å². The van der Waals surface area contributed by atoms with Gasteiger partial charge in [0.25, 0.3) is 0 Å². The highest BCUT2D eigenvalue weighted by molar-refractivity contribution is 6.06. The second-order valence-corrected chi connectivity index (χ2v) is 3.87. The average molecular weight is 190 g/mol. The van der Waals surface area contributed by atoms with Crippen molar-refractivity contribution in [2.24, 2.45) is 11.0 Å². The highest BCUT2D eigenvalue weighted by Crippen LogP contribution is 2.34. The molecule has 1 saturated carbocycles. The van der Waals surface area contributed by atoms with Crippen molar-refractivity contribution in [3.05, 3.63) is 0 Å². The van der Waals surface area contributed by atoms with Crippen LogP contribution in [0.25, 0.3) is 0 Å². The first-order valence-corrected chi connectivity index (χ1v) is 5.12. The molecule has 3 heteroatoms. The zero-order chi connectivity index (χ0) is 9.97. The highest BCUT2D eigenvalue weighted by Gasteiger charge is 2.34. The highest BCUT2D eigenvalue weighted by atomic mass is 16.2. The van der Waals surface area contributed by atoms with Gasteiger partial charge in [-0.15, -0.1) is 12.3 Å². The minimum Gasteiger partial charge on any atom is -0.273 e. The lowest BCUT2D eigenvalue weighted by Crippen LogP contribution is -2.21. The Kier molecular flexibility index (Phi) is 2.53. The lowest BCUT2D eigenvalue weighted by atomic mass is 10.2. The van der Waals surface area contributed by atoms with E-state index in [-0.39, 0.29) is 5.91 Å². The molecule has 0 radical (unpaired) electrons. The largest absolute Gasteiger partial charge is 0.273 e. The number of hydrazone groups is 1. The molecule has 0 aromatic rings. The third-order valence-corrected chi connectivity index (χ3v) is 2.61. The Balaban J connectivity index is 1.85. The van der Waals surface area contributed by atoms with Crippen molar-refractivity contribution in [1.82, 2.24) is 5.01 Å². The van der Waals surface area contributed by atoms with Crippen LogP contribution < -0.4 is 0 Å². The van der Waals surface area contributed by atoms with Crippen LogP contribution in [0.5, 0.6) is 0 Å². The summed E-state index contributed by atoms with van der Waals surface area (Å²) in [5, 5.41) is 5.92. The topological polar surface area (TPSA) is 32.7 Å². The summed E-state index contributed by atoms with van der Waals surface area (Å²) in [7, 11) is 0. The molecule has 3 nitrogen and oxygen atoms in total. The maximum Gasteiger partial charge on any atom is 0.248 e. The fraction of sp³-hybridized carbons (Fsp3) is 0.636. The van der Waals surface area contributed by atoms with Gasteiger partial charge in [0.2, 0.25) is 5.91 Å². The molecule has 0 spiro atoms. The van der Waals surface area contributed by atoms with Gasteiger partial charge >= 0.3 is 0 Å². The smallest absolute Gasteiger partial charge is 0.248 e. The van der Waals surface area contributed by atoms with Crippen LogP contribution in [-0.2, 0) is 4.79 Å². The van der Waals surface area contributed by atoms with Gasteiger partial charge in [-0.25, -0.2) is 5.01 Å². The lowest BCUT2D eigenvalue weighted by molar-refractivity contribution is -0.128. The number of unbranched alkanes of at least 4 members (excludes halogenated alkanes) is 1. The molecule has 1 aliphatic heterocycles. The zero-order valence-corrected chi connectivity index (χ0v) is 8.20. The first kappa shape index (κ1) is 9.26. The van der Waals surface area contributed by atoms with Crippen LogP contribution in [0.1, 0.15) is 32.1 Å². The predicted molar refractivity (Wildman–Crippen MR) is 54.6 cm³/mol. The van der Waals surface area contributed by atoms with Gasteiger partial charge in [0, 0.05) is 13.0 Å². The third-order valence-electron chi connectivity index (χ3n) is 2.61. The number of carbonyl (C=O) groups is 1. The van der Waals surface area contributed by atoms with E-state index >= 15 is 0 Å². The maximum absolute atomic E-state index is 11.5. The summed E-state index contributed by atoms with van der Waals surface area (Å²) < 4.78 is 0. The van der Waals surface area contributed by atoms with Crippen LogP contribution in [-0.4, -0.2) is 23.2 Å². The quantitative estimate of drug-likeness (QED) is 0.487. The summed E-state index contributed by atoms with van der Waals surface area (Å²) in [5.41, 5.74) is 1.09. The normalized spacial score (nSPS) is 20.9. The summed E-state index contributed by atoms with van der Waals surface area (Å²) in [6, 6.07) is 0. The van der Waals surface area contributed by atoms with Gasteiger partial charge in [-0.05, 0) is 25.2 Å². The summed E-state index contributed by atoms with van der Waals surface area (Å²) >= 11 is 0. The third kappa shape index (κ3) is 1.95. The molecule has 1 heterocycles. The summed E-state index contributed by atoms with van der Waals surface area (Å²) in [6.07, 6.45) is 9.68. The van der Waals surface area contributed by atoms with Crippen molar-refractivity contribution in [2.45, 2.75) is 32.1 Å². The van der Waals surface area contributed by atoms with E-state index in [2.05, 4.69) is 11.0 Å². The lowest BCUT2D eigenvalue weighted by Gasteiger charge is -2.09. The molecule has 1 amide bonds. The Bertz CT molecular complexity index is 310. The van der Waals surface area contributed by atoms with E-state index in [4.69, 9.17) is 6.42 Å². The van der Waals surface area contributed by atoms with Gasteiger partial charge in [-0.1, -0.05) is 0 Å². The molecule has 14 heavy (non-hydrogen) atoms. The van der Waals surface area contributed by atoms with Crippen LogP contribution >= 0.6 is 0 Å². The number of rotatable bonds is 4. The molecule has 0 bridgehead atoms. The molecule has 1 fully saturated rings. The molecule has 0 unspecified atom stereocenters. The van der Waals surface area contributed by atoms with Gasteiger partial charge in [0.05, 0.1) is 12.1 Å². The molecule has 0 aromatic heterocycles. The van der Waals surface area contributed by atoms with E-state index in [0.717, 1.165) is 18.6 Å². The molecule has 2 rings (SSSR count). The molecule has 1 aliphatic carbocycles. The number of terminal acetylenes is 1. The molecular formula is C11H14N2O. The molecule has 0 N–H and O–H groups in total. The first-order valence-electron chi connectivity index (χ1n) is 5.12. The Morgan fingerprint density at radius 2 is 2.36 bits per heavy atom. The number of hydrogen-bond acceptors (Lipinski definition) is 2. The van der Waals surface area contributed by atoms with Gasteiger partial charge in [0.15, 0.2) is 0 Å². The Labute approximate surface area is 84.2 Å². The molecule has 0 atom stereocenters. The zero-order valence-electron chi connectivity index (χ0n) is 8.20. The average Bonchev–Trinajstić information content (AvgIpc) is 2.94. The first-order chi connectivity index (χ1) is 6.81. The Hall–Kier alpha value is -1.30. The van der Waals surface area contributed by atoms with Crippen LogP contribution in [0.2, 0.25) is 0 Å². The van der Waals surface area contributed by atoms with E-state index in [1.165, 1.54) is 12.8 Å². The molecular weight excluding hydrogens is 176 g/mol. The van der Waals surface area contributed by atoms with Crippen molar-refractivity contribution in [2.75, 3.05) is 6.54 Å². The Morgan fingerprint density at radius 3 is 3.00 bits per heavy atom. The summed E-state index contributed by atoms with van der Waals surface area (Å²) in [4.78, 5) is 11.5. The van der Waals surface area contributed by atoms with Crippen molar-refractivity contribution < 1.29 is 4.79 Å². The van der Waals surface area contributed by atoms with Crippen molar-refractivity contribution >= 4 is 11.6 Å².